The van der Waals surface area contributed by atoms with Crippen molar-refractivity contribution in [3.63, 3.8) is 0 Å². The van der Waals surface area contributed by atoms with Crippen molar-refractivity contribution < 1.29 is 17.9 Å². The third-order valence-electron chi connectivity index (χ3n) is 5.50. The lowest BCUT2D eigenvalue weighted by Gasteiger charge is -2.18. The standard InChI is InChI=1S/C25H24FNO3S.3C2H6/c1-17(2)18-9-7-10-19(15-14-18)25(28)23-16-20-8-3-5-12-22(20)27(23)31(29,30)24-13-6-4-11-21(24)26;3*1-2/h3-9,11-17,25,28H,10H2,1-2H3;3*1-2H3. The van der Waals surface area contributed by atoms with Crippen LogP contribution in [0.2, 0.25) is 0 Å². The average Bonchev–Trinajstić information content (AvgIpc) is 3.15. The van der Waals surface area contributed by atoms with E-state index in [-0.39, 0.29) is 5.69 Å². The van der Waals surface area contributed by atoms with E-state index in [4.69, 9.17) is 0 Å². The molecule has 1 aliphatic carbocycles. The molecule has 1 aromatic heterocycles. The molecule has 6 heteroatoms. The zero-order valence-corrected chi connectivity index (χ0v) is 24.2. The molecule has 4 rings (SSSR count). The third kappa shape index (κ3) is 7.30. The van der Waals surface area contributed by atoms with Crippen LogP contribution in [0.25, 0.3) is 10.9 Å². The van der Waals surface area contributed by atoms with E-state index in [1.54, 1.807) is 30.3 Å². The van der Waals surface area contributed by atoms with Crippen LogP contribution < -0.4 is 0 Å². The summed E-state index contributed by atoms with van der Waals surface area (Å²) in [6.07, 6.45) is 7.10. The number of halogens is 1. The Morgan fingerprint density at radius 1 is 0.892 bits per heavy atom. The van der Waals surface area contributed by atoms with Gasteiger partial charge in [-0.1, -0.05) is 110 Å². The topological polar surface area (TPSA) is 59.3 Å². The first kappa shape index (κ1) is 32.1. The summed E-state index contributed by atoms with van der Waals surface area (Å²) in [4.78, 5) is -0.429. The van der Waals surface area contributed by atoms with Crippen LogP contribution in [0.15, 0.2) is 94.9 Å². The molecular weight excluding hydrogens is 485 g/mol. The van der Waals surface area contributed by atoms with E-state index in [9.17, 15) is 17.9 Å². The first-order valence-corrected chi connectivity index (χ1v) is 14.6. The maximum atomic E-state index is 14.5. The Labute approximate surface area is 222 Å². The van der Waals surface area contributed by atoms with E-state index in [0.29, 0.717) is 28.8 Å². The van der Waals surface area contributed by atoms with E-state index in [1.165, 1.54) is 18.2 Å². The minimum atomic E-state index is -4.28. The van der Waals surface area contributed by atoms with Crippen molar-refractivity contribution in [1.29, 1.82) is 0 Å². The van der Waals surface area contributed by atoms with Crippen molar-refractivity contribution in [2.45, 2.75) is 72.8 Å². The van der Waals surface area contributed by atoms with Gasteiger partial charge in [0.15, 0.2) is 0 Å². The molecule has 1 heterocycles. The summed E-state index contributed by atoms with van der Waals surface area (Å²) in [6.45, 7) is 16.2. The molecule has 4 nitrogen and oxygen atoms in total. The molecular formula is C31H42FNO3S. The summed E-state index contributed by atoms with van der Waals surface area (Å²) in [7, 11) is -4.28. The average molecular weight is 528 g/mol. The lowest BCUT2D eigenvalue weighted by Crippen LogP contribution is -2.19. The Balaban J connectivity index is 0.00000106. The number of aromatic nitrogens is 1. The summed E-state index contributed by atoms with van der Waals surface area (Å²) >= 11 is 0. The molecule has 37 heavy (non-hydrogen) atoms. The second-order valence-corrected chi connectivity index (χ2v) is 9.65. The van der Waals surface area contributed by atoms with Crippen LogP contribution in [0.1, 0.15) is 73.6 Å². The van der Waals surface area contributed by atoms with Gasteiger partial charge in [0.25, 0.3) is 10.0 Å². The number of aliphatic hydroxyl groups excluding tert-OH is 1. The normalized spacial score (nSPS) is 13.6. The molecule has 0 aliphatic heterocycles. The molecule has 1 atom stereocenters. The van der Waals surface area contributed by atoms with Crippen LogP contribution in [0, 0.1) is 11.7 Å². The highest BCUT2D eigenvalue weighted by atomic mass is 32.2. The minimum Gasteiger partial charge on any atom is -0.382 e. The number of fused-ring (bicyclic) bond motifs is 1. The number of rotatable bonds is 5. The van der Waals surface area contributed by atoms with Crippen LogP contribution in [0.3, 0.4) is 0 Å². The van der Waals surface area contributed by atoms with E-state index in [2.05, 4.69) is 13.8 Å². The van der Waals surface area contributed by atoms with Gasteiger partial charge >= 0.3 is 0 Å². The summed E-state index contributed by atoms with van der Waals surface area (Å²) in [6, 6.07) is 13.9. The molecule has 1 unspecified atom stereocenters. The monoisotopic (exact) mass is 527 g/mol. The van der Waals surface area contributed by atoms with Gasteiger partial charge in [0.1, 0.15) is 16.8 Å². The predicted molar refractivity (Wildman–Crippen MR) is 155 cm³/mol. The highest BCUT2D eigenvalue weighted by Gasteiger charge is 2.29. The number of nitrogens with zero attached hydrogens (tertiary/aromatic N) is 1. The predicted octanol–water partition coefficient (Wildman–Crippen LogP) is 8.60. The lowest BCUT2D eigenvalue weighted by molar-refractivity contribution is 0.207. The Kier molecular flexibility index (Phi) is 13.3. The second kappa shape index (κ2) is 15.3. The van der Waals surface area contributed by atoms with Gasteiger partial charge in [-0.05, 0) is 47.8 Å². The molecule has 1 N–H and O–H groups in total. The van der Waals surface area contributed by atoms with Crippen LogP contribution in [-0.4, -0.2) is 17.5 Å². The van der Waals surface area contributed by atoms with Gasteiger partial charge in [0.2, 0.25) is 0 Å². The number of hydrogen-bond donors (Lipinski definition) is 1. The van der Waals surface area contributed by atoms with Gasteiger partial charge in [-0.25, -0.2) is 16.8 Å². The van der Waals surface area contributed by atoms with Gasteiger partial charge in [-0.3, -0.25) is 0 Å². The quantitative estimate of drug-likeness (QED) is 0.361. The molecule has 0 amide bonds. The Bertz CT molecular complexity index is 1330. The molecule has 0 radical (unpaired) electrons. The highest BCUT2D eigenvalue weighted by Crippen LogP contribution is 2.34. The second-order valence-electron chi connectivity index (χ2n) is 7.90. The number of aliphatic hydroxyl groups is 1. The van der Waals surface area contributed by atoms with Gasteiger partial charge in [-0.15, -0.1) is 0 Å². The van der Waals surface area contributed by atoms with Gasteiger partial charge in [-0.2, -0.15) is 0 Å². The summed E-state index contributed by atoms with van der Waals surface area (Å²) < 4.78 is 42.5. The molecule has 0 fully saturated rings. The maximum Gasteiger partial charge on any atom is 0.271 e. The smallest absolute Gasteiger partial charge is 0.271 e. The van der Waals surface area contributed by atoms with Crippen LogP contribution in [0.5, 0.6) is 0 Å². The zero-order valence-electron chi connectivity index (χ0n) is 23.4. The number of para-hydroxylation sites is 1. The molecule has 3 aromatic rings. The Morgan fingerprint density at radius 2 is 1.49 bits per heavy atom. The van der Waals surface area contributed by atoms with Crippen LogP contribution in [0.4, 0.5) is 4.39 Å². The molecule has 0 saturated heterocycles. The molecule has 202 valence electrons. The van der Waals surface area contributed by atoms with Crippen molar-refractivity contribution in [1.82, 2.24) is 3.97 Å². The van der Waals surface area contributed by atoms with E-state index in [0.717, 1.165) is 15.6 Å². The van der Waals surface area contributed by atoms with Crippen molar-refractivity contribution in [3.8, 4) is 0 Å². The summed E-state index contributed by atoms with van der Waals surface area (Å²) in [5, 5.41) is 11.9. The first-order chi connectivity index (χ1) is 17.8. The molecule has 0 spiro atoms. The van der Waals surface area contributed by atoms with Crippen LogP contribution in [-0.2, 0) is 10.0 Å². The van der Waals surface area contributed by atoms with Crippen molar-refractivity contribution in [2.75, 3.05) is 0 Å². The van der Waals surface area contributed by atoms with E-state index >= 15 is 0 Å². The SMILES string of the molecule is CC.CC.CC.CC(C)C1=CC=C(C(O)c2cc3ccccc3n2S(=O)(=O)c2ccccc2F)CC=C1. The van der Waals surface area contributed by atoms with Crippen LogP contribution >= 0.6 is 0 Å². The van der Waals surface area contributed by atoms with Gasteiger partial charge in [0, 0.05) is 5.39 Å². The number of allylic oxidation sites excluding steroid dienone is 5. The highest BCUT2D eigenvalue weighted by molar-refractivity contribution is 7.90. The first-order valence-electron chi connectivity index (χ1n) is 13.2. The third-order valence-corrected chi connectivity index (χ3v) is 7.28. The Morgan fingerprint density at radius 3 is 2.11 bits per heavy atom. The van der Waals surface area contributed by atoms with Gasteiger partial charge in [0.05, 0.1) is 11.2 Å². The fourth-order valence-electron chi connectivity index (χ4n) is 3.80. The van der Waals surface area contributed by atoms with Crippen molar-refractivity contribution in [2.24, 2.45) is 5.92 Å². The fraction of sp³-hybridized carbons (Fsp3) is 0.355. The van der Waals surface area contributed by atoms with Crippen molar-refractivity contribution >= 4 is 20.9 Å². The minimum absolute atomic E-state index is 0.186. The summed E-state index contributed by atoms with van der Waals surface area (Å²) in [5.41, 5.74) is 2.37. The lowest BCUT2D eigenvalue weighted by atomic mass is 10.0. The summed E-state index contributed by atoms with van der Waals surface area (Å²) in [5.74, 6) is -0.501. The van der Waals surface area contributed by atoms with E-state index < -0.39 is 26.8 Å². The van der Waals surface area contributed by atoms with E-state index in [1.807, 2.05) is 65.8 Å². The molecule has 2 aromatic carbocycles. The maximum absolute atomic E-state index is 14.5. The zero-order chi connectivity index (χ0) is 28.2. The number of hydrogen-bond acceptors (Lipinski definition) is 3. The molecule has 0 bridgehead atoms. The molecule has 0 saturated carbocycles. The van der Waals surface area contributed by atoms with Gasteiger partial charge < -0.3 is 5.11 Å². The fourth-order valence-corrected chi connectivity index (χ4v) is 5.41. The molecule has 1 aliphatic rings. The van der Waals surface area contributed by atoms with Crippen molar-refractivity contribution in [3.05, 3.63) is 102 Å². The largest absolute Gasteiger partial charge is 0.382 e. The Hall–Kier alpha value is -2.96. The number of benzene rings is 2.